The third-order valence-corrected chi connectivity index (χ3v) is 4.69. The molecule has 0 aliphatic rings. The Balaban J connectivity index is 1.66. The van der Waals surface area contributed by atoms with Crippen molar-refractivity contribution in [3.05, 3.63) is 73.7 Å². The lowest BCUT2D eigenvalue weighted by atomic mass is 10.3. The van der Waals surface area contributed by atoms with Gasteiger partial charge in [-0.3, -0.25) is 18.9 Å². The number of carbonyl (C=O) groups excluding carboxylic acids is 1. The van der Waals surface area contributed by atoms with Crippen molar-refractivity contribution in [2.45, 2.75) is 6.54 Å². The predicted octanol–water partition coefficient (Wildman–Crippen LogP) is 3.73. The maximum Gasteiger partial charge on any atom is 0.258 e. The molecular formula is C18H15Cl3N4O2. The predicted molar refractivity (Wildman–Crippen MR) is 108 cm³/mol. The molecule has 1 aromatic carbocycles. The van der Waals surface area contributed by atoms with Crippen LogP contribution in [0.15, 0.2) is 47.4 Å². The van der Waals surface area contributed by atoms with Crippen LogP contribution in [0.3, 0.4) is 0 Å². The van der Waals surface area contributed by atoms with Gasteiger partial charge in [-0.05, 0) is 37.4 Å². The fourth-order valence-corrected chi connectivity index (χ4v) is 3.02. The Bertz CT molecular complexity index is 1070. The minimum absolute atomic E-state index is 0.113. The van der Waals surface area contributed by atoms with Gasteiger partial charge in [0.15, 0.2) is 0 Å². The van der Waals surface area contributed by atoms with Crippen LogP contribution in [0.1, 0.15) is 5.69 Å². The number of hydrogen-bond acceptors (Lipinski definition) is 4. The van der Waals surface area contributed by atoms with Gasteiger partial charge >= 0.3 is 0 Å². The monoisotopic (exact) mass is 424 g/mol. The summed E-state index contributed by atoms with van der Waals surface area (Å²) < 4.78 is 1.38. The molecule has 6 nitrogen and oxygen atoms in total. The molecule has 0 saturated heterocycles. The lowest BCUT2D eigenvalue weighted by Gasteiger charge is -2.16. The van der Waals surface area contributed by atoms with Crippen LogP contribution < -0.4 is 10.9 Å². The van der Waals surface area contributed by atoms with Gasteiger partial charge in [-0.2, -0.15) is 0 Å². The van der Waals surface area contributed by atoms with Crippen molar-refractivity contribution in [1.29, 1.82) is 0 Å². The molecule has 0 aliphatic carbocycles. The van der Waals surface area contributed by atoms with E-state index in [-0.39, 0.29) is 18.0 Å². The normalized spacial score (nSPS) is 11.1. The van der Waals surface area contributed by atoms with Crippen LogP contribution >= 0.6 is 34.8 Å². The molecule has 2 heterocycles. The van der Waals surface area contributed by atoms with Crippen LogP contribution in [0.4, 0.5) is 5.69 Å². The summed E-state index contributed by atoms with van der Waals surface area (Å²) in [5.41, 5.74) is 1.38. The highest BCUT2D eigenvalue weighted by molar-refractivity contribution is 6.42. The Labute approximate surface area is 170 Å². The average Bonchev–Trinajstić information content (AvgIpc) is 2.58. The number of rotatable bonds is 5. The van der Waals surface area contributed by atoms with Gasteiger partial charge in [-0.1, -0.05) is 34.8 Å². The molecule has 0 atom stereocenters. The first-order chi connectivity index (χ1) is 12.8. The quantitative estimate of drug-likeness (QED) is 0.676. The van der Waals surface area contributed by atoms with Gasteiger partial charge in [-0.15, -0.1) is 0 Å². The summed E-state index contributed by atoms with van der Waals surface area (Å²) in [7, 11) is 1.76. The minimum Gasteiger partial charge on any atom is -0.325 e. The molecule has 3 aromatic rings. The van der Waals surface area contributed by atoms with E-state index in [1.54, 1.807) is 42.3 Å². The number of hydrogen-bond donors (Lipinski definition) is 1. The van der Waals surface area contributed by atoms with Crippen LogP contribution in [0, 0.1) is 0 Å². The summed E-state index contributed by atoms with van der Waals surface area (Å²) in [6.07, 6.45) is 1.52. The van der Waals surface area contributed by atoms with Crippen LogP contribution in [-0.4, -0.2) is 33.8 Å². The highest BCUT2D eigenvalue weighted by Crippen LogP contribution is 2.24. The fourth-order valence-electron chi connectivity index (χ4n) is 2.56. The zero-order valence-corrected chi connectivity index (χ0v) is 16.5. The maximum atomic E-state index is 12.2. The van der Waals surface area contributed by atoms with E-state index < -0.39 is 0 Å². The van der Waals surface area contributed by atoms with Crippen LogP contribution in [0.25, 0.3) is 5.65 Å². The summed E-state index contributed by atoms with van der Waals surface area (Å²) in [6.45, 7) is 0.449. The molecule has 0 radical (unpaired) electrons. The molecule has 2 aromatic heterocycles. The van der Waals surface area contributed by atoms with E-state index in [2.05, 4.69) is 10.3 Å². The maximum absolute atomic E-state index is 12.2. The second-order valence-electron chi connectivity index (χ2n) is 6.01. The Morgan fingerprint density at radius 3 is 2.67 bits per heavy atom. The number of pyridine rings is 1. The molecular weight excluding hydrogens is 411 g/mol. The van der Waals surface area contributed by atoms with Crippen molar-refractivity contribution in [2.24, 2.45) is 0 Å². The molecule has 27 heavy (non-hydrogen) atoms. The third-order valence-electron chi connectivity index (χ3n) is 3.73. The van der Waals surface area contributed by atoms with E-state index in [4.69, 9.17) is 34.8 Å². The molecule has 1 N–H and O–H groups in total. The standard InChI is InChI=1S/C18H15Cl3N4O2/c1-24(10-17(26)23-12-3-4-14(20)15(21)6-12)9-13-7-18(27)25-8-11(19)2-5-16(25)22-13/h2-8H,9-10H2,1H3,(H,23,26). The molecule has 0 aliphatic heterocycles. The Kier molecular flexibility index (Phi) is 6.01. The van der Waals surface area contributed by atoms with Gasteiger partial charge in [-0.25, -0.2) is 4.98 Å². The molecule has 1 amide bonds. The molecule has 0 saturated carbocycles. The summed E-state index contributed by atoms with van der Waals surface area (Å²) in [5, 5.41) is 3.99. The highest BCUT2D eigenvalue weighted by atomic mass is 35.5. The van der Waals surface area contributed by atoms with Gasteiger partial charge in [0, 0.05) is 24.5 Å². The minimum atomic E-state index is -0.230. The van der Waals surface area contributed by atoms with Crippen molar-refractivity contribution < 1.29 is 4.79 Å². The van der Waals surface area contributed by atoms with Gasteiger partial charge < -0.3 is 5.32 Å². The largest absolute Gasteiger partial charge is 0.325 e. The van der Waals surface area contributed by atoms with E-state index in [1.165, 1.54) is 16.7 Å². The Hall–Kier alpha value is -2.12. The van der Waals surface area contributed by atoms with Crippen LogP contribution in [-0.2, 0) is 11.3 Å². The van der Waals surface area contributed by atoms with Gasteiger partial charge in [0.1, 0.15) is 5.65 Å². The molecule has 0 spiro atoms. The van der Waals surface area contributed by atoms with Crippen molar-refractivity contribution in [1.82, 2.24) is 14.3 Å². The zero-order valence-electron chi connectivity index (χ0n) is 14.2. The van der Waals surface area contributed by atoms with Crippen molar-refractivity contribution in [3.8, 4) is 0 Å². The zero-order chi connectivity index (χ0) is 19.6. The van der Waals surface area contributed by atoms with E-state index in [9.17, 15) is 9.59 Å². The summed E-state index contributed by atoms with van der Waals surface area (Å²) in [4.78, 5) is 30.6. The average molecular weight is 426 g/mol. The molecule has 0 unspecified atom stereocenters. The van der Waals surface area contributed by atoms with Gasteiger partial charge in [0.05, 0.1) is 27.3 Å². The van der Waals surface area contributed by atoms with E-state index in [1.807, 2.05) is 0 Å². The third kappa shape index (κ3) is 4.99. The Morgan fingerprint density at radius 1 is 1.15 bits per heavy atom. The first kappa shape index (κ1) is 19.6. The first-order valence-corrected chi connectivity index (χ1v) is 9.06. The lowest BCUT2D eigenvalue weighted by Crippen LogP contribution is -2.30. The molecule has 140 valence electrons. The van der Waals surface area contributed by atoms with Crippen molar-refractivity contribution in [2.75, 3.05) is 18.9 Å². The second kappa shape index (κ2) is 8.27. The number of benzene rings is 1. The topological polar surface area (TPSA) is 66.7 Å². The number of nitrogens with zero attached hydrogens (tertiary/aromatic N) is 3. The number of aromatic nitrogens is 2. The number of fused-ring (bicyclic) bond motifs is 1. The summed E-state index contributed by atoms with van der Waals surface area (Å²) in [6, 6.07) is 9.63. The van der Waals surface area contributed by atoms with E-state index >= 15 is 0 Å². The van der Waals surface area contributed by atoms with Gasteiger partial charge in [0.2, 0.25) is 5.91 Å². The fraction of sp³-hybridized carbons (Fsp3) is 0.167. The SMILES string of the molecule is CN(CC(=O)Nc1ccc(Cl)c(Cl)c1)Cc1cc(=O)n2cc(Cl)ccc2n1. The number of anilines is 1. The first-order valence-electron chi connectivity index (χ1n) is 7.93. The molecule has 9 heteroatoms. The number of halogens is 3. The summed E-state index contributed by atoms with van der Waals surface area (Å²) in [5.74, 6) is -0.222. The molecule has 0 bridgehead atoms. The smallest absolute Gasteiger partial charge is 0.258 e. The van der Waals surface area contributed by atoms with Crippen molar-refractivity contribution >= 4 is 52.0 Å². The molecule has 3 rings (SSSR count). The second-order valence-corrected chi connectivity index (χ2v) is 7.26. The van der Waals surface area contributed by atoms with Gasteiger partial charge in [0.25, 0.3) is 5.56 Å². The number of nitrogens with one attached hydrogen (secondary N) is 1. The van der Waals surface area contributed by atoms with Crippen molar-refractivity contribution in [3.63, 3.8) is 0 Å². The van der Waals surface area contributed by atoms with E-state index in [0.717, 1.165) is 0 Å². The summed E-state index contributed by atoms with van der Waals surface area (Å²) >= 11 is 17.7. The Morgan fingerprint density at radius 2 is 1.93 bits per heavy atom. The lowest BCUT2D eigenvalue weighted by molar-refractivity contribution is -0.117. The number of likely N-dealkylation sites (N-methyl/N-ethyl adjacent to an activating group) is 1. The highest BCUT2D eigenvalue weighted by Gasteiger charge is 2.11. The van der Waals surface area contributed by atoms with Crippen LogP contribution in [0.2, 0.25) is 15.1 Å². The van der Waals surface area contributed by atoms with E-state index in [0.29, 0.717) is 38.6 Å². The molecule has 0 fully saturated rings. The van der Waals surface area contributed by atoms with Crippen LogP contribution in [0.5, 0.6) is 0 Å². The number of carbonyl (C=O) groups is 1. The number of amides is 1.